The van der Waals surface area contributed by atoms with Crippen molar-refractivity contribution in [2.45, 2.75) is 47.8 Å². The molecule has 0 aliphatic carbocycles. The highest BCUT2D eigenvalue weighted by Crippen LogP contribution is 2.36. The summed E-state index contributed by atoms with van der Waals surface area (Å²) in [6.45, 7) is 2.29. The second-order valence-electron chi connectivity index (χ2n) is 7.78. The van der Waals surface area contributed by atoms with Gasteiger partial charge in [0.2, 0.25) is 0 Å². The smallest absolute Gasteiger partial charge is 0.120 e. The lowest BCUT2D eigenvalue weighted by Crippen LogP contribution is -2.37. The maximum Gasteiger partial charge on any atom is 0.120 e. The van der Waals surface area contributed by atoms with E-state index < -0.39 is 11.6 Å². The topological polar surface area (TPSA) is 75.7 Å². The molecule has 4 N–H and O–H groups in total. The Morgan fingerprint density at radius 3 is 2.48 bits per heavy atom. The molecular weight excluding hydrogens is 430 g/mol. The van der Waals surface area contributed by atoms with Crippen LogP contribution < -0.4 is 10.5 Å². The van der Waals surface area contributed by atoms with Gasteiger partial charge in [-0.25, -0.2) is 0 Å². The first-order chi connectivity index (χ1) is 14.9. The van der Waals surface area contributed by atoms with Crippen LogP contribution in [0.2, 0.25) is 5.02 Å². The van der Waals surface area contributed by atoms with Gasteiger partial charge in [-0.1, -0.05) is 65.8 Å². The van der Waals surface area contributed by atoms with Gasteiger partial charge in [-0.15, -0.1) is 0 Å². The van der Waals surface area contributed by atoms with Crippen molar-refractivity contribution in [3.05, 3.63) is 88.9 Å². The Morgan fingerprint density at radius 2 is 1.77 bits per heavy atom. The molecule has 0 saturated heterocycles. The van der Waals surface area contributed by atoms with Crippen molar-refractivity contribution >= 4 is 23.4 Å². The Balaban J connectivity index is 1.67. The molecule has 0 heterocycles. The van der Waals surface area contributed by atoms with Gasteiger partial charge in [0.05, 0.1) is 6.10 Å². The number of ether oxygens (including phenoxy) is 1. The number of aliphatic hydroxyl groups excluding tert-OH is 2. The van der Waals surface area contributed by atoms with Crippen molar-refractivity contribution in [3.63, 3.8) is 0 Å². The van der Waals surface area contributed by atoms with Crippen LogP contribution in [0.4, 0.5) is 0 Å². The molecule has 0 amide bonds. The van der Waals surface area contributed by atoms with Crippen molar-refractivity contribution < 1.29 is 14.9 Å². The van der Waals surface area contributed by atoms with E-state index in [1.807, 2.05) is 79.7 Å². The molecule has 0 aliphatic rings. The lowest BCUT2D eigenvalue weighted by atomic mass is 9.86. The van der Waals surface area contributed by atoms with Crippen LogP contribution in [0, 0.1) is 0 Å². The molecule has 3 aromatic rings. The van der Waals surface area contributed by atoms with Crippen molar-refractivity contribution in [3.8, 4) is 5.75 Å². The molecule has 0 saturated carbocycles. The largest absolute Gasteiger partial charge is 0.489 e. The van der Waals surface area contributed by atoms with Crippen molar-refractivity contribution in [2.75, 3.05) is 6.61 Å². The highest BCUT2D eigenvalue weighted by atomic mass is 35.5. The van der Waals surface area contributed by atoms with Gasteiger partial charge in [-0.3, -0.25) is 0 Å². The Hall–Kier alpha value is -2.02. The molecule has 0 spiro atoms. The normalized spacial score (nSPS) is 14.1. The fraction of sp³-hybridized carbons (Fsp3) is 0.280. The molecule has 4 nitrogen and oxygen atoms in total. The third-order valence-corrected chi connectivity index (χ3v) is 6.26. The van der Waals surface area contributed by atoms with E-state index in [1.165, 1.54) is 0 Å². The van der Waals surface area contributed by atoms with E-state index in [-0.39, 0.29) is 6.61 Å². The van der Waals surface area contributed by atoms with Crippen LogP contribution in [0.25, 0.3) is 0 Å². The van der Waals surface area contributed by atoms with E-state index in [0.717, 1.165) is 26.7 Å². The van der Waals surface area contributed by atoms with Gasteiger partial charge in [0, 0.05) is 27.0 Å². The summed E-state index contributed by atoms with van der Waals surface area (Å²) in [5.41, 5.74) is 7.53. The van der Waals surface area contributed by atoms with Crippen LogP contribution in [0.1, 0.15) is 30.9 Å². The van der Waals surface area contributed by atoms with Gasteiger partial charge >= 0.3 is 0 Å². The summed E-state index contributed by atoms with van der Waals surface area (Å²) in [5.74, 6) is 0.809. The molecule has 0 aliphatic heterocycles. The highest BCUT2D eigenvalue weighted by Gasteiger charge is 2.27. The lowest BCUT2D eigenvalue weighted by Gasteiger charge is -2.29. The lowest BCUT2D eigenvalue weighted by molar-refractivity contribution is 0.103. The van der Waals surface area contributed by atoms with Crippen LogP contribution in [-0.4, -0.2) is 22.9 Å². The molecule has 164 valence electrons. The fourth-order valence-electron chi connectivity index (χ4n) is 3.38. The second kappa shape index (κ2) is 11.0. The van der Waals surface area contributed by atoms with Crippen molar-refractivity contribution in [2.24, 2.45) is 5.73 Å². The van der Waals surface area contributed by atoms with E-state index in [9.17, 15) is 5.11 Å². The number of rotatable bonds is 10. The summed E-state index contributed by atoms with van der Waals surface area (Å²) in [7, 11) is 0. The Bertz CT molecular complexity index is 982. The van der Waals surface area contributed by atoms with E-state index >= 15 is 0 Å². The van der Waals surface area contributed by atoms with Crippen molar-refractivity contribution in [1.29, 1.82) is 0 Å². The molecule has 0 bridgehead atoms. The van der Waals surface area contributed by atoms with E-state index in [1.54, 1.807) is 11.8 Å². The highest BCUT2D eigenvalue weighted by molar-refractivity contribution is 7.99. The monoisotopic (exact) mass is 457 g/mol. The molecule has 0 radical (unpaired) electrons. The first-order valence-electron chi connectivity index (χ1n) is 10.2. The van der Waals surface area contributed by atoms with Gasteiger partial charge in [-0.2, -0.15) is 0 Å². The number of hydrogen-bond acceptors (Lipinski definition) is 5. The predicted molar refractivity (Wildman–Crippen MR) is 127 cm³/mol. The molecule has 0 fully saturated rings. The molecule has 31 heavy (non-hydrogen) atoms. The summed E-state index contributed by atoms with van der Waals surface area (Å²) >= 11 is 8.13. The zero-order chi connectivity index (χ0) is 22.3. The Morgan fingerprint density at radius 1 is 1.03 bits per heavy atom. The summed E-state index contributed by atoms with van der Waals surface area (Å²) in [4.78, 5) is 2.03. The molecule has 6 heteroatoms. The van der Waals surface area contributed by atoms with Gasteiger partial charge in [0.25, 0.3) is 0 Å². The number of nitrogens with two attached hydrogens (primary N) is 1. The van der Waals surface area contributed by atoms with E-state index in [0.29, 0.717) is 24.5 Å². The molecule has 3 aromatic carbocycles. The molecule has 3 rings (SSSR count). The number of halogens is 1. The molecule has 2 unspecified atom stereocenters. The van der Waals surface area contributed by atoms with Gasteiger partial charge in [0.15, 0.2) is 0 Å². The first kappa shape index (κ1) is 23.6. The summed E-state index contributed by atoms with van der Waals surface area (Å²) in [6.07, 6.45) is -0.0644. The Labute approximate surface area is 193 Å². The third-order valence-electron chi connectivity index (χ3n) is 4.97. The number of benzene rings is 3. The number of hydrogen-bond donors (Lipinski definition) is 3. The maximum atomic E-state index is 10.0. The fourth-order valence-corrected chi connectivity index (χ4v) is 4.75. The zero-order valence-corrected chi connectivity index (χ0v) is 19.1. The van der Waals surface area contributed by atoms with Crippen molar-refractivity contribution in [1.82, 2.24) is 0 Å². The third kappa shape index (κ3) is 6.99. The van der Waals surface area contributed by atoms with Gasteiger partial charge < -0.3 is 20.7 Å². The van der Waals surface area contributed by atoms with Gasteiger partial charge in [-0.05, 0) is 61.2 Å². The Kier molecular flexibility index (Phi) is 8.41. The standard InChI is InChI=1S/C25H28ClNO3S/c1-25(27,16-19(29)12-13-28)23-11-10-22(15-24(23)26)31-21-9-5-8-20(14-21)30-17-18-6-3-2-4-7-18/h2-11,14-15,19,28-29H,12-13,16-17,27H2,1H3. The minimum absolute atomic E-state index is 0.0747. The average Bonchev–Trinajstić information content (AvgIpc) is 2.73. The van der Waals surface area contributed by atoms with E-state index in [2.05, 4.69) is 0 Å². The molecule has 0 aromatic heterocycles. The van der Waals surface area contributed by atoms with Crippen LogP contribution in [0.5, 0.6) is 5.75 Å². The van der Waals surface area contributed by atoms with Gasteiger partial charge in [0.1, 0.15) is 12.4 Å². The van der Waals surface area contributed by atoms with E-state index in [4.69, 9.17) is 27.2 Å². The van der Waals surface area contributed by atoms with Crippen LogP contribution in [0.15, 0.2) is 82.6 Å². The molecule has 2 atom stereocenters. The van der Waals surface area contributed by atoms with Crippen LogP contribution >= 0.6 is 23.4 Å². The maximum absolute atomic E-state index is 10.0. The quantitative estimate of drug-likeness (QED) is 0.381. The second-order valence-corrected chi connectivity index (χ2v) is 9.33. The summed E-state index contributed by atoms with van der Waals surface area (Å²) in [5, 5.41) is 19.6. The predicted octanol–water partition coefficient (Wildman–Crippen LogP) is 5.38. The SMILES string of the molecule is CC(N)(CC(O)CCO)c1ccc(Sc2cccc(OCc3ccccc3)c2)cc1Cl. The minimum atomic E-state index is -0.792. The zero-order valence-electron chi connectivity index (χ0n) is 17.5. The van der Waals surface area contributed by atoms with Crippen LogP contribution in [0.3, 0.4) is 0 Å². The summed E-state index contributed by atoms with van der Waals surface area (Å²) < 4.78 is 5.92. The minimum Gasteiger partial charge on any atom is -0.489 e. The van der Waals surface area contributed by atoms with Crippen LogP contribution in [-0.2, 0) is 12.1 Å². The molecular formula is C25H28ClNO3S. The summed E-state index contributed by atoms with van der Waals surface area (Å²) in [6, 6.07) is 23.8. The average molecular weight is 458 g/mol. The number of aliphatic hydroxyl groups is 2. The first-order valence-corrected chi connectivity index (χ1v) is 11.4.